The van der Waals surface area contributed by atoms with Gasteiger partial charge in [-0.2, -0.15) is 0 Å². The summed E-state index contributed by atoms with van der Waals surface area (Å²) in [5.74, 6) is -0.0575. The Hall–Kier alpha value is -2.42. The SMILES string of the molecule is CCCCCCCCC(CCCCCCCC)OC(=O)CCCCCCCN(CCCCCCCC(=O)OC(C)CCCCCCC)CCCNc1c(NC)c(=O)c1=O. The predicted molar refractivity (Wildman–Crippen MR) is 251 cm³/mol. The summed E-state index contributed by atoms with van der Waals surface area (Å²) in [4.78, 5) is 51.4. The molecule has 0 saturated heterocycles. The molecule has 0 aromatic heterocycles. The second-order valence-corrected chi connectivity index (χ2v) is 17.5. The average molecular weight is 832 g/mol. The fourth-order valence-electron chi connectivity index (χ4n) is 8.11. The van der Waals surface area contributed by atoms with Crippen LogP contribution in [0.3, 0.4) is 0 Å². The molecular formula is C50H93N3O6. The van der Waals surface area contributed by atoms with Crippen LogP contribution in [-0.4, -0.2) is 62.3 Å². The molecule has 0 amide bonds. The van der Waals surface area contributed by atoms with Gasteiger partial charge in [-0.3, -0.25) is 19.2 Å². The monoisotopic (exact) mass is 832 g/mol. The molecule has 9 nitrogen and oxygen atoms in total. The van der Waals surface area contributed by atoms with E-state index in [1.165, 1.54) is 89.9 Å². The van der Waals surface area contributed by atoms with Crippen molar-refractivity contribution in [2.75, 3.05) is 43.9 Å². The van der Waals surface area contributed by atoms with Crippen molar-refractivity contribution in [1.82, 2.24) is 4.90 Å². The Morgan fingerprint density at radius 1 is 0.492 bits per heavy atom. The van der Waals surface area contributed by atoms with Crippen molar-refractivity contribution in [2.45, 2.75) is 252 Å². The first kappa shape index (κ1) is 54.6. The van der Waals surface area contributed by atoms with Crippen molar-refractivity contribution in [3.05, 3.63) is 20.4 Å². The van der Waals surface area contributed by atoms with Gasteiger partial charge in [0.2, 0.25) is 0 Å². The summed E-state index contributed by atoms with van der Waals surface area (Å²) in [6, 6.07) is 0. The largest absolute Gasteiger partial charge is 0.463 e. The summed E-state index contributed by atoms with van der Waals surface area (Å²) in [5.41, 5.74) is -0.0628. The van der Waals surface area contributed by atoms with Crippen LogP contribution in [0.15, 0.2) is 9.59 Å². The van der Waals surface area contributed by atoms with Gasteiger partial charge >= 0.3 is 11.9 Å². The van der Waals surface area contributed by atoms with Gasteiger partial charge in [0.15, 0.2) is 0 Å². The van der Waals surface area contributed by atoms with Gasteiger partial charge in [0.1, 0.15) is 17.5 Å². The Balaban J connectivity index is 2.39. The van der Waals surface area contributed by atoms with Gasteiger partial charge in [-0.1, -0.05) is 149 Å². The first-order chi connectivity index (χ1) is 28.8. The number of anilines is 2. The van der Waals surface area contributed by atoms with E-state index in [1.807, 2.05) is 6.92 Å². The van der Waals surface area contributed by atoms with Crippen molar-refractivity contribution in [1.29, 1.82) is 0 Å². The van der Waals surface area contributed by atoms with E-state index < -0.39 is 10.9 Å². The zero-order valence-corrected chi connectivity index (χ0v) is 39.2. The van der Waals surface area contributed by atoms with Gasteiger partial charge in [0.25, 0.3) is 10.9 Å². The van der Waals surface area contributed by atoms with Crippen molar-refractivity contribution < 1.29 is 19.1 Å². The van der Waals surface area contributed by atoms with E-state index >= 15 is 0 Å². The number of nitrogens with one attached hydrogen (secondary N) is 2. The van der Waals surface area contributed by atoms with E-state index in [9.17, 15) is 19.2 Å². The molecule has 0 radical (unpaired) electrons. The van der Waals surface area contributed by atoms with E-state index in [-0.39, 0.29) is 24.1 Å². The molecule has 344 valence electrons. The van der Waals surface area contributed by atoms with Crippen molar-refractivity contribution in [3.63, 3.8) is 0 Å². The highest BCUT2D eigenvalue weighted by molar-refractivity contribution is 5.73. The van der Waals surface area contributed by atoms with Crippen LogP contribution < -0.4 is 21.5 Å². The molecule has 1 aromatic rings. The molecule has 9 heteroatoms. The van der Waals surface area contributed by atoms with E-state index in [0.717, 1.165) is 129 Å². The Labute approximate surface area is 362 Å². The number of carbonyl (C=O) groups is 2. The molecule has 0 aliphatic rings. The van der Waals surface area contributed by atoms with Gasteiger partial charge < -0.3 is 25.0 Å². The van der Waals surface area contributed by atoms with Crippen molar-refractivity contribution in [2.24, 2.45) is 0 Å². The number of ether oxygens (including phenoxy) is 2. The maximum absolute atomic E-state index is 12.9. The third kappa shape index (κ3) is 29.5. The highest BCUT2D eigenvalue weighted by atomic mass is 16.5. The lowest BCUT2D eigenvalue weighted by molar-refractivity contribution is -0.150. The Morgan fingerprint density at radius 3 is 1.37 bits per heavy atom. The third-order valence-corrected chi connectivity index (χ3v) is 11.9. The molecule has 1 unspecified atom stereocenters. The highest BCUT2D eigenvalue weighted by Crippen LogP contribution is 2.19. The Bertz CT molecular complexity index is 1200. The molecule has 0 aliphatic heterocycles. The Kier molecular flexibility index (Phi) is 35.6. The summed E-state index contributed by atoms with van der Waals surface area (Å²) >= 11 is 0. The fourth-order valence-corrected chi connectivity index (χ4v) is 8.11. The highest BCUT2D eigenvalue weighted by Gasteiger charge is 2.19. The number of unbranched alkanes of at least 4 members (excludes halogenated alkanes) is 22. The first-order valence-corrected chi connectivity index (χ1v) is 25.1. The molecular weight excluding hydrogens is 739 g/mol. The Morgan fingerprint density at radius 2 is 0.881 bits per heavy atom. The van der Waals surface area contributed by atoms with Crippen LogP contribution in [0, 0.1) is 0 Å². The molecule has 0 spiro atoms. The molecule has 0 saturated carbocycles. The van der Waals surface area contributed by atoms with Crippen LogP contribution >= 0.6 is 0 Å². The lowest BCUT2D eigenvalue weighted by Gasteiger charge is -2.23. The fraction of sp³-hybridized carbons (Fsp3) is 0.880. The van der Waals surface area contributed by atoms with Crippen molar-refractivity contribution >= 4 is 23.3 Å². The predicted octanol–water partition coefficient (Wildman–Crippen LogP) is 12.8. The topological polar surface area (TPSA) is 114 Å². The van der Waals surface area contributed by atoms with Gasteiger partial charge in [-0.25, -0.2) is 0 Å². The number of hydrogen-bond donors (Lipinski definition) is 2. The van der Waals surface area contributed by atoms with E-state index in [0.29, 0.717) is 30.8 Å². The van der Waals surface area contributed by atoms with Gasteiger partial charge in [-0.05, 0) is 97.2 Å². The number of carbonyl (C=O) groups excluding carboxylic acids is 2. The van der Waals surface area contributed by atoms with Crippen LogP contribution in [0.5, 0.6) is 0 Å². The van der Waals surface area contributed by atoms with Crippen LogP contribution in [-0.2, 0) is 19.1 Å². The first-order valence-electron chi connectivity index (χ1n) is 25.1. The molecule has 0 aliphatic carbocycles. The van der Waals surface area contributed by atoms with Gasteiger partial charge in [0.05, 0.1) is 6.10 Å². The summed E-state index contributed by atoms with van der Waals surface area (Å²) in [6.07, 6.45) is 37.1. The summed E-state index contributed by atoms with van der Waals surface area (Å²) in [6.45, 7) is 12.4. The number of rotatable bonds is 44. The van der Waals surface area contributed by atoms with Crippen LogP contribution in [0.1, 0.15) is 240 Å². The quantitative estimate of drug-likeness (QED) is 0.0377. The van der Waals surface area contributed by atoms with Gasteiger partial charge in [0, 0.05) is 26.4 Å². The average Bonchev–Trinajstić information content (AvgIpc) is 3.22. The lowest BCUT2D eigenvalue weighted by Crippen LogP contribution is -2.37. The maximum atomic E-state index is 12.9. The summed E-state index contributed by atoms with van der Waals surface area (Å²) < 4.78 is 11.7. The summed E-state index contributed by atoms with van der Waals surface area (Å²) in [5, 5.41) is 6.01. The molecule has 1 atom stereocenters. The zero-order chi connectivity index (χ0) is 43.2. The molecule has 1 aromatic carbocycles. The van der Waals surface area contributed by atoms with Crippen molar-refractivity contribution in [3.8, 4) is 0 Å². The minimum atomic E-state index is -0.440. The molecule has 2 N–H and O–H groups in total. The number of esters is 2. The zero-order valence-electron chi connectivity index (χ0n) is 39.2. The summed E-state index contributed by atoms with van der Waals surface area (Å²) in [7, 11) is 1.67. The molecule has 1 rings (SSSR count). The lowest BCUT2D eigenvalue weighted by atomic mass is 10.0. The number of nitrogens with zero attached hydrogens (tertiary/aromatic N) is 1. The van der Waals surface area contributed by atoms with Crippen LogP contribution in [0.2, 0.25) is 0 Å². The smallest absolute Gasteiger partial charge is 0.306 e. The van der Waals surface area contributed by atoms with E-state index in [1.54, 1.807) is 7.05 Å². The number of hydrogen-bond acceptors (Lipinski definition) is 9. The maximum Gasteiger partial charge on any atom is 0.306 e. The molecule has 0 heterocycles. The second-order valence-electron chi connectivity index (χ2n) is 17.5. The van der Waals surface area contributed by atoms with E-state index in [4.69, 9.17) is 9.47 Å². The third-order valence-electron chi connectivity index (χ3n) is 11.9. The minimum absolute atomic E-state index is 0.00431. The van der Waals surface area contributed by atoms with Crippen LogP contribution in [0.25, 0.3) is 0 Å². The standard InChI is InChI=1S/C50H93N3O6/c1-6-9-12-15-20-27-35-44(36-28-21-16-13-10-7-2)59-46(55)38-30-23-18-25-32-41-53(42-33-39-52-48-47(51-5)49(56)50(48)57)40-31-24-17-22-29-37-45(54)58-43(4)34-26-19-14-11-8-3/h43-44,51-52H,6-42H2,1-5H3. The molecule has 0 bridgehead atoms. The molecule has 0 fully saturated rings. The normalized spacial score (nSPS) is 12.1. The van der Waals surface area contributed by atoms with Crippen LogP contribution in [0.4, 0.5) is 11.4 Å². The van der Waals surface area contributed by atoms with E-state index in [2.05, 4.69) is 36.3 Å². The second kappa shape index (κ2) is 38.5. The van der Waals surface area contributed by atoms with Gasteiger partial charge in [-0.15, -0.1) is 0 Å². The molecule has 59 heavy (non-hydrogen) atoms. The minimum Gasteiger partial charge on any atom is -0.463 e.